The Kier molecular flexibility index (Phi) is 4.70. The predicted octanol–water partition coefficient (Wildman–Crippen LogP) is 1.24. The molecule has 0 bridgehead atoms. The summed E-state index contributed by atoms with van der Waals surface area (Å²) < 4.78 is 4.93. The van der Waals surface area contributed by atoms with Crippen LogP contribution in [-0.4, -0.2) is 27.7 Å². The van der Waals surface area contributed by atoms with E-state index in [2.05, 4.69) is 15.5 Å². The number of aryl methyl sites for hydroxylation is 1. The summed E-state index contributed by atoms with van der Waals surface area (Å²) in [6, 6.07) is 6.91. The number of phenolic OH excluding ortho intramolecular Hbond substituents is 1. The maximum Gasteiger partial charge on any atom is 0.227 e. The number of aromatic hydroxyl groups is 1. The van der Waals surface area contributed by atoms with Gasteiger partial charge in [0.1, 0.15) is 5.75 Å². The molecule has 2 N–H and O–H groups in total. The van der Waals surface area contributed by atoms with Crippen LogP contribution in [0.4, 0.5) is 0 Å². The van der Waals surface area contributed by atoms with E-state index in [1.54, 1.807) is 12.1 Å². The molecule has 1 aromatic carbocycles. The second kappa shape index (κ2) is 6.70. The zero-order valence-corrected chi connectivity index (χ0v) is 11.3. The van der Waals surface area contributed by atoms with E-state index in [1.165, 1.54) is 0 Å². The van der Waals surface area contributed by atoms with Crippen molar-refractivity contribution in [3.05, 3.63) is 41.5 Å². The lowest BCUT2D eigenvalue weighted by Crippen LogP contribution is -2.27. The van der Waals surface area contributed by atoms with Crippen molar-refractivity contribution in [3.8, 4) is 5.75 Å². The minimum absolute atomic E-state index is 0.124. The van der Waals surface area contributed by atoms with Crippen molar-refractivity contribution in [2.75, 3.05) is 6.54 Å². The second-order valence-electron chi connectivity index (χ2n) is 4.40. The van der Waals surface area contributed by atoms with E-state index in [0.717, 1.165) is 5.56 Å². The molecule has 20 heavy (non-hydrogen) atoms. The van der Waals surface area contributed by atoms with Crippen molar-refractivity contribution in [2.24, 2.45) is 0 Å². The van der Waals surface area contributed by atoms with Gasteiger partial charge in [-0.05, 0) is 24.1 Å². The molecule has 1 aromatic heterocycles. The van der Waals surface area contributed by atoms with Gasteiger partial charge < -0.3 is 14.9 Å². The lowest BCUT2D eigenvalue weighted by Gasteiger charge is -2.04. The molecule has 0 saturated heterocycles. The molecule has 0 atom stereocenters. The number of phenols is 1. The number of hydrogen-bond donors (Lipinski definition) is 2. The van der Waals surface area contributed by atoms with Crippen LogP contribution in [0.1, 0.15) is 24.2 Å². The van der Waals surface area contributed by atoms with Gasteiger partial charge in [-0.2, -0.15) is 4.98 Å². The number of carbonyl (C=O) groups is 1. The number of nitrogens with one attached hydrogen (secondary N) is 1. The molecule has 0 aliphatic carbocycles. The molecule has 6 nitrogen and oxygen atoms in total. The van der Waals surface area contributed by atoms with E-state index in [-0.39, 0.29) is 18.1 Å². The molecule has 0 unspecified atom stereocenters. The molecule has 0 aliphatic rings. The fourth-order valence-corrected chi connectivity index (χ4v) is 1.72. The van der Waals surface area contributed by atoms with E-state index in [9.17, 15) is 4.79 Å². The van der Waals surface area contributed by atoms with E-state index < -0.39 is 0 Å². The molecule has 1 amide bonds. The van der Waals surface area contributed by atoms with Gasteiger partial charge in [-0.25, -0.2) is 0 Å². The summed E-state index contributed by atoms with van der Waals surface area (Å²) in [6.45, 7) is 2.44. The summed E-state index contributed by atoms with van der Waals surface area (Å²) in [7, 11) is 0. The van der Waals surface area contributed by atoms with Gasteiger partial charge in [0.05, 0.1) is 6.42 Å². The lowest BCUT2D eigenvalue weighted by molar-refractivity contribution is -0.120. The Bertz CT molecular complexity index is 563. The summed E-state index contributed by atoms with van der Waals surface area (Å²) in [4.78, 5) is 15.8. The Morgan fingerprint density at radius 3 is 2.75 bits per heavy atom. The Morgan fingerprint density at radius 1 is 1.35 bits per heavy atom. The second-order valence-corrected chi connectivity index (χ2v) is 4.40. The van der Waals surface area contributed by atoms with Gasteiger partial charge in [0.2, 0.25) is 11.8 Å². The van der Waals surface area contributed by atoms with E-state index in [4.69, 9.17) is 9.63 Å². The normalized spacial score (nSPS) is 10.4. The highest BCUT2D eigenvalue weighted by molar-refractivity contribution is 5.77. The summed E-state index contributed by atoms with van der Waals surface area (Å²) >= 11 is 0. The van der Waals surface area contributed by atoms with Gasteiger partial charge in [-0.3, -0.25) is 4.79 Å². The van der Waals surface area contributed by atoms with Crippen molar-refractivity contribution in [1.29, 1.82) is 0 Å². The number of hydrogen-bond acceptors (Lipinski definition) is 5. The van der Waals surface area contributed by atoms with Gasteiger partial charge in [-0.15, -0.1) is 0 Å². The molecule has 0 radical (unpaired) electrons. The highest BCUT2D eigenvalue weighted by Gasteiger charge is 2.09. The summed E-state index contributed by atoms with van der Waals surface area (Å²) in [5.41, 5.74) is 1.05. The Morgan fingerprint density at radius 2 is 2.10 bits per heavy atom. The van der Waals surface area contributed by atoms with Crippen LogP contribution in [0.25, 0.3) is 0 Å². The van der Waals surface area contributed by atoms with Gasteiger partial charge in [0.25, 0.3) is 0 Å². The maximum atomic E-state index is 11.7. The van der Waals surface area contributed by atoms with Crippen LogP contribution >= 0.6 is 0 Å². The quantitative estimate of drug-likeness (QED) is 0.828. The maximum absolute atomic E-state index is 11.7. The predicted molar refractivity (Wildman–Crippen MR) is 72.2 cm³/mol. The fourth-order valence-electron chi connectivity index (χ4n) is 1.72. The number of amides is 1. The van der Waals surface area contributed by atoms with Crippen LogP contribution in [0, 0.1) is 0 Å². The summed E-state index contributed by atoms with van der Waals surface area (Å²) in [6.07, 6.45) is 1.49. The molecule has 106 valence electrons. The first kappa shape index (κ1) is 14.0. The summed E-state index contributed by atoms with van der Waals surface area (Å²) in [5, 5.41) is 15.7. The van der Waals surface area contributed by atoms with Gasteiger partial charge >= 0.3 is 0 Å². The van der Waals surface area contributed by atoms with Crippen LogP contribution in [0.3, 0.4) is 0 Å². The third-order valence-electron chi connectivity index (χ3n) is 2.80. The molecule has 1 heterocycles. The molecule has 6 heteroatoms. The zero-order chi connectivity index (χ0) is 14.4. The monoisotopic (exact) mass is 275 g/mol. The highest BCUT2D eigenvalue weighted by Crippen LogP contribution is 2.09. The van der Waals surface area contributed by atoms with Crippen molar-refractivity contribution in [3.63, 3.8) is 0 Å². The Hall–Kier alpha value is -2.37. The Balaban J connectivity index is 1.73. The first-order valence-corrected chi connectivity index (χ1v) is 6.53. The highest BCUT2D eigenvalue weighted by atomic mass is 16.5. The number of benzene rings is 1. The smallest absolute Gasteiger partial charge is 0.227 e. The lowest BCUT2D eigenvalue weighted by atomic mass is 10.1. The third-order valence-corrected chi connectivity index (χ3v) is 2.80. The number of nitrogens with zero attached hydrogens (tertiary/aromatic N) is 2. The topological polar surface area (TPSA) is 88.2 Å². The van der Waals surface area contributed by atoms with Gasteiger partial charge in [-0.1, -0.05) is 24.2 Å². The average molecular weight is 275 g/mol. The van der Waals surface area contributed by atoms with E-state index in [1.807, 2.05) is 19.1 Å². The van der Waals surface area contributed by atoms with Gasteiger partial charge in [0, 0.05) is 13.0 Å². The van der Waals surface area contributed by atoms with Crippen LogP contribution in [-0.2, 0) is 24.1 Å². The minimum Gasteiger partial charge on any atom is -0.508 e. The number of aromatic nitrogens is 2. The van der Waals surface area contributed by atoms with E-state index >= 15 is 0 Å². The Labute approximate surface area is 116 Å². The standard InChI is InChI=1S/C14H17N3O3/c1-2-14-16-12(17-20-14)9-13(19)15-8-7-10-3-5-11(18)6-4-10/h3-6,18H,2,7-9H2,1H3,(H,15,19). The van der Waals surface area contributed by atoms with Crippen LogP contribution in [0.2, 0.25) is 0 Å². The molecular formula is C14H17N3O3. The molecule has 2 aromatic rings. The van der Waals surface area contributed by atoms with Crippen LogP contribution in [0.15, 0.2) is 28.8 Å². The van der Waals surface area contributed by atoms with E-state index in [0.29, 0.717) is 31.1 Å². The molecule has 0 fully saturated rings. The first-order chi connectivity index (χ1) is 9.67. The van der Waals surface area contributed by atoms with Crippen LogP contribution < -0.4 is 5.32 Å². The minimum atomic E-state index is -0.132. The van der Waals surface area contributed by atoms with Crippen molar-refractivity contribution in [1.82, 2.24) is 15.5 Å². The van der Waals surface area contributed by atoms with Crippen LogP contribution in [0.5, 0.6) is 5.75 Å². The first-order valence-electron chi connectivity index (χ1n) is 6.53. The third kappa shape index (κ3) is 4.08. The van der Waals surface area contributed by atoms with Crippen molar-refractivity contribution >= 4 is 5.91 Å². The number of rotatable bonds is 6. The fraction of sp³-hybridized carbons (Fsp3) is 0.357. The molecule has 0 saturated carbocycles. The molecule has 0 spiro atoms. The SMILES string of the molecule is CCc1nc(CC(=O)NCCc2ccc(O)cc2)no1. The zero-order valence-electron chi connectivity index (χ0n) is 11.3. The molecular weight excluding hydrogens is 258 g/mol. The largest absolute Gasteiger partial charge is 0.508 e. The van der Waals surface area contributed by atoms with Crippen molar-refractivity contribution < 1.29 is 14.4 Å². The average Bonchev–Trinajstić information content (AvgIpc) is 2.88. The van der Waals surface area contributed by atoms with Gasteiger partial charge in [0.15, 0.2) is 5.82 Å². The van der Waals surface area contributed by atoms with Crippen molar-refractivity contribution in [2.45, 2.75) is 26.2 Å². The summed E-state index contributed by atoms with van der Waals surface area (Å²) in [5.74, 6) is 1.05. The molecule has 2 rings (SSSR count). The number of carbonyl (C=O) groups excluding carboxylic acids is 1. The molecule has 0 aliphatic heterocycles.